The van der Waals surface area contributed by atoms with Crippen LogP contribution in [0.25, 0.3) is 0 Å². The summed E-state index contributed by atoms with van der Waals surface area (Å²) in [7, 11) is 0. The zero-order valence-electron chi connectivity index (χ0n) is 7.27. The molecule has 0 spiro atoms. The third-order valence-corrected chi connectivity index (χ3v) is 1.44. The molecule has 88 valence electrons. The predicted octanol–water partition coefficient (Wildman–Crippen LogP) is 0.825. The summed E-state index contributed by atoms with van der Waals surface area (Å²) >= 11 is 0. The second kappa shape index (κ2) is 3.95. The van der Waals surface area contributed by atoms with Crippen molar-refractivity contribution in [3.8, 4) is 5.75 Å². The summed E-state index contributed by atoms with van der Waals surface area (Å²) in [6.07, 6.45) is -4.77. The van der Waals surface area contributed by atoms with Crippen LogP contribution in [0, 0.1) is 17.5 Å². The number of ether oxygens (including phenoxy) is 1. The fourth-order valence-electron chi connectivity index (χ4n) is 0.781. The average Bonchev–Trinajstić information content (AvgIpc) is 2.13. The van der Waals surface area contributed by atoms with E-state index in [0.717, 1.165) is 0 Å². The summed E-state index contributed by atoms with van der Waals surface area (Å²) in [6, 6.07) is 0.157. The van der Waals surface area contributed by atoms with E-state index in [1.165, 1.54) is 0 Å². The molecular weight excluding hydrogens is 239 g/mol. The van der Waals surface area contributed by atoms with Gasteiger partial charge in [0.1, 0.15) is 5.75 Å². The molecule has 0 saturated heterocycles. The Bertz CT molecular complexity index is 409. The van der Waals surface area contributed by atoms with Gasteiger partial charge in [0.2, 0.25) is 0 Å². The molecule has 0 atom stereocenters. The van der Waals surface area contributed by atoms with E-state index in [2.05, 4.69) is 4.74 Å². The second-order valence-corrected chi connectivity index (χ2v) is 2.61. The molecule has 0 fully saturated rings. The molecule has 1 aromatic carbocycles. The van der Waals surface area contributed by atoms with Crippen LogP contribution in [0.5, 0.6) is 5.75 Å². The predicted molar refractivity (Wildman–Crippen MR) is 36.9 cm³/mol. The number of alkyl halides is 2. The van der Waals surface area contributed by atoms with Crippen LogP contribution in [0.2, 0.25) is 0 Å². The molecule has 0 saturated carbocycles. The summed E-state index contributed by atoms with van der Waals surface area (Å²) in [4.78, 5) is 9.81. The number of hydrogen-bond donors (Lipinski definition) is 0. The molecule has 8 heteroatoms. The maximum absolute atomic E-state index is 12.5. The lowest BCUT2D eigenvalue weighted by Crippen LogP contribution is -2.45. The fraction of sp³-hybridized carbons (Fsp3) is 0.125. The van der Waals surface area contributed by atoms with Gasteiger partial charge >= 0.3 is 6.11 Å². The molecule has 0 radical (unpaired) electrons. The molecule has 0 heterocycles. The zero-order valence-corrected chi connectivity index (χ0v) is 7.27. The molecule has 0 aromatic heterocycles. The number of halogens is 5. The Balaban J connectivity index is 3.04. The topological polar surface area (TPSA) is 49.4 Å². The third-order valence-electron chi connectivity index (χ3n) is 1.44. The van der Waals surface area contributed by atoms with Crippen molar-refractivity contribution in [2.75, 3.05) is 0 Å². The van der Waals surface area contributed by atoms with Crippen LogP contribution in [-0.4, -0.2) is 12.1 Å². The molecular formula is C8H2F5O3-. The van der Waals surface area contributed by atoms with Gasteiger partial charge in [0.15, 0.2) is 23.4 Å². The normalized spacial score (nSPS) is 11.3. The molecule has 0 aliphatic heterocycles. The minimum absolute atomic E-state index is 0.0786. The Morgan fingerprint density at radius 1 is 1.19 bits per heavy atom. The van der Waals surface area contributed by atoms with Crippen molar-refractivity contribution in [1.82, 2.24) is 0 Å². The van der Waals surface area contributed by atoms with Gasteiger partial charge in [-0.25, -0.2) is 13.2 Å². The largest absolute Gasteiger partial charge is 0.541 e. The summed E-state index contributed by atoms with van der Waals surface area (Å²) in [5.74, 6) is -9.53. The second-order valence-electron chi connectivity index (χ2n) is 2.61. The molecule has 0 aliphatic rings. The van der Waals surface area contributed by atoms with Gasteiger partial charge in [-0.3, -0.25) is 0 Å². The first-order chi connectivity index (χ1) is 7.24. The third kappa shape index (κ3) is 2.38. The molecule has 1 rings (SSSR count). The van der Waals surface area contributed by atoms with Gasteiger partial charge in [0.25, 0.3) is 0 Å². The van der Waals surface area contributed by atoms with Crippen LogP contribution in [-0.2, 0) is 4.79 Å². The molecule has 0 unspecified atom stereocenters. The fourth-order valence-corrected chi connectivity index (χ4v) is 0.781. The molecule has 1 aromatic rings. The lowest BCUT2D eigenvalue weighted by atomic mass is 10.3. The Morgan fingerprint density at radius 3 is 2.00 bits per heavy atom. The summed E-state index contributed by atoms with van der Waals surface area (Å²) in [5, 5.41) is 9.81. The lowest BCUT2D eigenvalue weighted by molar-refractivity contribution is -0.350. The molecule has 0 amide bonds. The average molecular weight is 241 g/mol. The summed E-state index contributed by atoms with van der Waals surface area (Å²) in [6.45, 7) is 0. The number of carboxylic acids is 1. The standard InChI is InChI=1S/C8H3F5O3/c9-4-1-3(2-5(10)6(4)11)16-8(12,13)7(14)15/h1-2H,(H,14,15)/p-1. The van der Waals surface area contributed by atoms with Gasteiger partial charge in [-0.15, -0.1) is 0 Å². The molecule has 0 aliphatic carbocycles. The minimum atomic E-state index is -4.77. The number of rotatable bonds is 3. The number of aliphatic carboxylic acids is 1. The van der Waals surface area contributed by atoms with Crippen LogP contribution in [0.4, 0.5) is 22.0 Å². The summed E-state index contributed by atoms with van der Waals surface area (Å²) < 4.78 is 65.6. The number of hydrogen-bond acceptors (Lipinski definition) is 3. The summed E-state index contributed by atoms with van der Waals surface area (Å²) in [5.41, 5.74) is 0. The van der Waals surface area contributed by atoms with Crippen LogP contribution < -0.4 is 9.84 Å². The van der Waals surface area contributed by atoms with Crippen LogP contribution in [0.3, 0.4) is 0 Å². The van der Waals surface area contributed by atoms with Crippen molar-refractivity contribution >= 4 is 5.97 Å². The molecule has 0 N–H and O–H groups in total. The van der Waals surface area contributed by atoms with Crippen molar-refractivity contribution in [2.24, 2.45) is 0 Å². The zero-order chi connectivity index (χ0) is 12.5. The van der Waals surface area contributed by atoms with E-state index in [1.54, 1.807) is 0 Å². The first-order valence-corrected chi connectivity index (χ1v) is 3.67. The smallest absolute Gasteiger partial charge is 0.441 e. The Morgan fingerprint density at radius 2 is 1.62 bits per heavy atom. The number of carbonyl (C=O) groups is 1. The van der Waals surface area contributed by atoms with E-state index in [1.807, 2.05) is 0 Å². The van der Waals surface area contributed by atoms with Gasteiger partial charge in [-0.2, -0.15) is 8.78 Å². The van der Waals surface area contributed by atoms with E-state index in [0.29, 0.717) is 0 Å². The lowest BCUT2D eigenvalue weighted by Gasteiger charge is -2.18. The number of carboxylic acid groups (broad SMARTS) is 1. The van der Waals surface area contributed by atoms with Crippen LogP contribution in [0.15, 0.2) is 12.1 Å². The van der Waals surface area contributed by atoms with Gasteiger partial charge in [0.05, 0.1) is 0 Å². The van der Waals surface area contributed by atoms with E-state index in [4.69, 9.17) is 0 Å². The van der Waals surface area contributed by atoms with Gasteiger partial charge in [-0.1, -0.05) is 0 Å². The van der Waals surface area contributed by atoms with Crippen molar-refractivity contribution in [1.29, 1.82) is 0 Å². The number of carbonyl (C=O) groups excluding carboxylic acids is 1. The minimum Gasteiger partial charge on any atom is -0.541 e. The first-order valence-electron chi connectivity index (χ1n) is 3.67. The van der Waals surface area contributed by atoms with E-state index >= 15 is 0 Å². The van der Waals surface area contributed by atoms with Gasteiger partial charge in [-0.05, 0) is 0 Å². The van der Waals surface area contributed by atoms with E-state index < -0.39 is 35.3 Å². The quantitative estimate of drug-likeness (QED) is 0.581. The number of benzene rings is 1. The van der Waals surface area contributed by atoms with Crippen LogP contribution in [0.1, 0.15) is 0 Å². The monoisotopic (exact) mass is 241 g/mol. The highest BCUT2D eigenvalue weighted by atomic mass is 19.3. The SMILES string of the molecule is O=C([O-])C(F)(F)Oc1cc(F)c(F)c(F)c1. The van der Waals surface area contributed by atoms with E-state index in [9.17, 15) is 31.9 Å². The Hall–Kier alpha value is -1.86. The first kappa shape index (κ1) is 12.2. The van der Waals surface area contributed by atoms with E-state index in [-0.39, 0.29) is 12.1 Å². The highest BCUT2D eigenvalue weighted by molar-refractivity contribution is 5.71. The van der Waals surface area contributed by atoms with Gasteiger partial charge < -0.3 is 14.6 Å². The maximum atomic E-state index is 12.5. The van der Waals surface area contributed by atoms with Crippen molar-refractivity contribution in [3.63, 3.8) is 0 Å². The van der Waals surface area contributed by atoms with Gasteiger partial charge in [0, 0.05) is 12.1 Å². The van der Waals surface area contributed by atoms with Crippen LogP contribution >= 0.6 is 0 Å². The molecule has 3 nitrogen and oxygen atoms in total. The van der Waals surface area contributed by atoms with Crippen molar-refractivity contribution < 1.29 is 36.6 Å². The highest BCUT2D eigenvalue weighted by Crippen LogP contribution is 2.24. The Labute approximate surface area is 85.1 Å². The maximum Gasteiger partial charge on any atom is 0.441 e. The van der Waals surface area contributed by atoms with Crippen molar-refractivity contribution in [2.45, 2.75) is 6.11 Å². The highest BCUT2D eigenvalue weighted by Gasteiger charge is 2.34. The molecule has 16 heavy (non-hydrogen) atoms. The van der Waals surface area contributed by atoms with Crippen molar-refractivity contribution in [3.05, 3.63) is 29.6 Å². The molecule has 0 bridgehead atoms. The Kier molecular flexibility index (Phi) is 3.02.